The fourth-order valence-corrected chi connectivity index (χ4v) is 6.28. The Morgan fingerprint density at radius 3 is 1.68 bits per heavy atom. The monoisotopic (exact) mass is 844 g/mol. The number of aromatic nitrogens is 4. The second-order valence-electron chi connectivity index (χ2n) is 11.7. The highest BCUT2D eigenvalue weighted by molar-refractivity contribution is 6.38. The summed E-state index contributed by atoms with van der Waals surface area (Å²) in [6.45, 7) is 0. The van der Waals surface area contributed by atoms with Gasteiger partial charge < -0.3 is 21.3 Å². The van der Waals surface area contributed by atoms with Gasteiger partial charge in [0, 0.05) is 44.3 Å². The lowest BCUT2D eigenvalue weighted by atomic mass is 9.96. The number of aromatic hydroxyl groups is 2. The number of anilines is 2. The number of carbonyl (C=O) groups is 1. The Morgan fingerprint density at radius 2 is 1.16 bits per heavy atom. The van der Waals surface area contributed by atoms with E-state index in [-0.39, 0.29) is 17.3 Å². The van der Waals surface area contributed by atoms with Crippen molar-refractivity contribution >= 4 is 86.1 Å². The molecule has 4 heterocycles. The molecule has 0 fully saturated rings. The van der Waals surface area contributed by atoms with Gasteiger partial charge in [0.15, 0.2) is 6.29 Å². The van der Waals surface area contributed by atoms with Gasteiger partial charge in [-0.3, -0.25) is 14.8 Å². The van der Waals surface area contributed by atoms with Crippen molar-refractivity contribution in [3.63, 3.8) is 0 Å². The highest BCUT2D eigenvalue weighted by Gasteiger charge is 2.24. The molecule has 0 saturated heterocycles. The Balaban J connectivity index is 0.000000173. The van der Waals surface area contributed by atoms with Crippen molar-refractivity contribution in [1.82, 2.24) is 19.9 Å². The molecule has 15 heteroatoms. The van der Waals surface area contributed by atoms with Crippen molar-refractivity contribution < 1.29 is 23.8 Å². The van der Waals surface area contributed by atoms with Gasteiger partial charge in [-0.05, 0) is 66.7 Å². The average molecular weight is 847 g/mol. The van der Waals surface area contributed by atoms with Crippen LogP contribution in [-0.4, -0.2) is 36.4 Å². The number of hydrogen-bond donors (Lipinski definition) is 4. The van der Waals surface area contributed by atoms with Gasteiger partial charge in [0.25, 0.3) is 0 Å². The number of aldehydes is 1. The standard InChI is InChI=1S/C21H14Cl2FN3O.C9H7NO.C7H4Cl2O.C5H5FN2/c22-15-4-1-5-16(23)18(15)20(27-17-9-7-13(24)11-26-17)14-8-6-12-3-2-10-25-19(12)21(14)28;11-8-5-1-3-7-4-2-6-10-9(7)8;8-6-2-1-3-7(9)5(6)4-10;6-4-1-2-5(7)8-3-4/h1-11,20,28H,(H,26,27);1-6,11H;1-4H;1-3H,(H2,7,8). The van der Waals surface area contributed by atoms with Crippen LogP contribution in [0.4, 0.5) is 20.4 Å². The molecule has 0 spiro atoms. The summed E-state index contributed by atoms with van der Waals surface area (Å²) in [6, 6.07) is 31.4. The lowest BCUT2D eigenvalue weighted by Crippen LogP contribution is -2.15. The molecule has 0 aliphatic rings. The van der Waals surface area contributed by atoms with Crippen molar-refractivity contribution in [2.24, 2.45) is 0 Å². The van der Waals surface area contributed by atoms with Crippen molar-refractivity contribution in [3.05, 3.63) is 188 Å². The second kappa shape index (κ2) is 20.2. The second-order valence-corrected chi connectivity index (χ2v) is 13.3. The average Bonchev–Trinajstić information content (AvgIpc) is 3.21. The van der Waals surface area contributed by atoms with E-state index in [0.717, 1.165) is 23.2 Å². The number of fused-ring (bicyclic) bond motifs is 2. The van der Waals surface area contributed by atoms with E-state index in [2.05, 4.69) is 25.3 Å². The number of nitrogens with one attached hydrogen (secondary N) is 1. The lowest BCUT2D eigenvalue weighted by Gasteiger charge is -2.23. The zero-order valence-corrected chi connectivity index (χ0v) is 32.4. The lowest BCUT2D eigenvalue weighted by molar-refractivity contribution is 0.112. The molecule has 0 bridgehead atoms. The smallest absolute Gasteiger partial charge is 0.153 e. The van der Waals surface area contributed by atoms with E-state index in [1.54, 1.807) is 73.1 Å². The molecule has 1 unspecified atom stereocenters. The molecule has 1 atom stereocenters. The van der Waals surface area contributed by atoms with Crippen LogP contribution in [0.25, 0.3) is 21.8 Å². The maximum absolute atomic E-state index is 13.3. The quantitative estimate of drug-likeness (QED) is 0.124. The Kier molecular flexibility index (Phi) is 14.9. The summed E-state index contributed by atoms with van der Waals surface area (Å²) >= 11 is 24.1. The molecular formula is C42H30Cl4F2N6O3. The third-order valence-electron chi connectivity index (χ3n) is 7.88. The SMILES string of the molecule is Nc1ccc(F)cn1.O=Cc1c(Cl)cccc1Cl.Oc1c(C(Nc2ccc(F)cn2)c2c(Cl)cccc2Cl)ccc2cccnc12.Oc1cccc2cccnc12. The van der Waals surface area contributed by atoms with Crippen LogP contribution in [0, 0.1) is 11.6 Å². The van der Waals surface area contributed by atoms with Gasteiger partial charge in [0.05, 0.1) is 34.0 Å². The summed E-state index contributed by atoms with van der Waals surface area (Å²) in [5.41, 5.74) is 7.72. The normalized spacial score (nSPS) is 10.8. The van der Waals surface area contributed by atoms with Crippen LogP contribution in [-0.2, 0) is 0 Å². The van der Waals surface area contributed by atoms with Crippen LogP contribution in [0.2, 0.25) is 20.1 Å². The minimum Gasteiger partial charge on any atom is -0.506 e. The van der Waals surface area contributed by atoms with Gasteiger partial charge in [-0.25, -0.2) is 18.7 Å². The van der Waals surface area contributed by atoms with Gasteiger partial charge in [0.1, 0.15) is 45.8 Å². The first-order chi connectivity index (χ1) is 27.5. The molecule has 5 N–H and O–H groups in total. The molecule has 0 amide bonds. The van der Waals surface area contributed by atoms with E-state index in [9.17, 15) is 23.8 Å². The molecule has 0 radical (unpaired) electrons. The van der Waals surface area contributed by atoms with Crippen LogP contribution >= 0.6 is 46.4 Å². The number of nitrogen functional groups attached to an aromatic ring is 1. The minimum absolute atomic E-state index is 0.00805. The van der Waals surface area contributed by atoms with Crippen LogP contribution in [0.3, 0.4) is 0 Å². The summed E-state index contributed by atoms with van der Waals surface area (Å²) in [7, 11) is 0. The maximum Gasteiger partial charge on any atom is 0.153 e. The summed E-state index contributed by atoms with van der Waals surface area (Å²) < 4.78 is 25.2. The Bertz CT molecular complexity index is 2540. The van der Waals surface area contributed by atoms with Crippen molar-refractivity contribution in [3.8, 4) is 11.5 Å². The van der Waals surface area contributed by atoms with E-state index in [4.69, 9.17) is 52.1 Å². The summed E-state index contributed by atoms with van der Waals surface area (Å²) in [6.07, 6.45) is 6.11. The fourth-order valence-electron chi connectivity index (χ4n) is 5.18. The van der Waals surface area contributed by atoms with E-state index in [0.29, 0.717) is 65.7 Å². The predicted octanol–water partition coefficient (Wildman–Crippen LogP) is 11.5. The number of phenols is 2. The maximum atomic E-state index is 13.3. The summed E-state index contributed by atoms with van der Waals surface area (Å²) in [5.74, 6) is 0.181. The first-order valence-electron chi connectivity index (χ1n) is 16.6. The van der Waals surface area contributed by atoms with Crippen molar-refractivity contribution in [2.45, 2.75) is 6.04 Å². The molecule has 8 rings (SSSR count). The number of hydrogen-bond acceptors (Lipinski definition) is 9. The summed E-state index contributed by atoms with van der Waals surface area (Å²) in [5, 5.41) is 26.8. The molecule has 4 aromatic heterocycles. The Hall–Kier alpha value is -6.11. The van der Waals surface area contributed by atoms with Crippen LogP contribution in [0.15, 0.2) is 140 Å². The highest BCUT2D eigenvalue weighted by Crippen LogP contribution is 2.41. The minimum atomic E-state index is -0.634. The van der Waals surface area contributed by atoms with E-state index in [1.165, 1.54) is 24.3 Å². The first-order valence-corrected chi connectivity index (χ1v) is 18.2. The zero-order valence-electron chi connectivity index (χ0n) is 29.4. The third kappa shape index (κ3) is 11.2. The molecule has 0 aliphatic heterocycles. The molecule has 0 saturated carbocycles. The van der Waals surface area contributed by atoms with E-state index < -0.39 is 11.9 Å². The molecule has 0 aliphatic carbocycles. The number of pyridine rings is 4. The van der Waals surface area contributed by atoms with Gasteiger partial charge in [0.2, 0.25) is 0 Å². The van der Waals surface area contributed by atoms with E-state index in [1.807, 2.05) is 30.3 Å². The molecule has 9 nitrogen and oxygen atoms in total. The number of benzene rings is 4. The Labute approximate surface area is 345 Å². The predicted molar refractivity (Wildman–Crippen MR) is 223 cm³/mol. The van der Waals surface area contributed by atoms with Crippen molar-refractivity contribution in [2.75, 3.05) is 11.1 Å². The number of nitrogens with two attached hydrogens (primary N) is 1. The number of carbonyl (C=O) groups excluding carboxylic acids is 1. The molecular weight excluding hydrogens is 816 g/mol. The van der Waals surface area contributed by atoms with Gasteiger partial charge in [-0.1, -0.05) is 94.9 Å². The zero-order chi connectivity index (χ0) is 40.9. The van der Waals surface area contributed by atoms with E-state index >= 15 is 0 Å². The molecule has 4 aromatic carbocycles. The number of para-hydroxylation sites is 1. The van der Waals surface area contributed by atoms with Gasteiger partial charge in [-0.2, -0.15) is 0 Å². The summed E-state index contributed by atoms with van der Waals surface area (Å²) in [4.78, 5) is 26.1. The van der Waals surface area contributed by atoms with Gasteiger partial charge in [-0.15, -0.1) is 0 Å². The number of nitrogens with zero attached hydrogens (tertiary/aromatic N) is 4. The third-order valence-corrected chi connectivity index (χ3v) is 9.20. The number of phenolic OH excluding ortho intramolecular Hbond substituents is 2. The van der Waals surface area contributed by atoms with Crippen LogP contribution < -0.4 is 11.1 Å². The Morgan fingerprint density at radius 1 is 0.614 bits per heavy atom. The first kappa shape index (κ1) is 42.0. The van der Waals surface area contributed by atoms with Crippen LogP contribution in [0.1, 0.15) is 27.5 Å². The molecule has 8 aromatic rings. The highest BCUT2D eigenvalue weighted by atomic mass is 35.5. The fraction of sp³-hybridized carbons (Fsp3) is 0.0238. The largest absolute Gasteiger partial charge is 0.506 e. The number of rotatable bonds is 5. The van der Waals surface area contributed by atoms with Crippen molar-refractivity contribution in [1.29, 1.82) is 0 Å². The topological polar surface area (TPSA) is 147 Å². The molecule has 288 valence electrons. The molecule has 57 heavy (non-hydrogen) atoms. The number of halogens is 6. The van der Waals surface area contributed by atoms with Crippen LogP contribution in [0.5, 0.6) is 11.5 Å². The van der Waals surface area contributed by atoms with Gasteiger partial charge >= 0.3 is 0 Å².